The van der Waals surface area contributed by atoms with E-state index in [1.165, 1.54) is 5.56 Å². The first-order chi connectivity index (χ1) is 11.6. The summed E-state index contributed by atoms with van der Waals surface area (Å²) in [6.07, 6.45) is 1.11. The fourth-order valence-electron chi connectivity index (χ4n) is 2.29. The van der Waals surface area contributed by atoms with Crippen molar-refractivity contribution in [1.29, 1.82) is 0 Å². The summed E-state index contributed by atoms with van der Waals surface area (Å²) in [6, 6.07) is 14.8. The fourth-order valence-corrected chi connectivity index (χ4v) is 2.90. The Hall–Kier alpha value is -1.23. The average molecular weight is 429 g/mol. The maximum absolute atomic E-state index is 6.02. The van der Waals surface area contributed by atoms with Crippen LogP contribution in [0.2, 0.25) is 0 Å². The van der Waals surface area contributed by atoms with Gasteiger partial charge < -0.3 is 14.8 Å². The molecule has 0 spiro atoms. The first-order valence-electron chi connectivity index (χ1n) is 8.49. The lowest BCUT2D eigenvalue weighted by Gasteiger charge is -2.17. The van der Waals surface area contributed by atoms with E-state index in [-0.39, 0.29) is 12.4 Å². The predicted octanol–water partition coefficient (Wildman–Crippen LogP) is 5.74. The summed E-state index contributed by atoms with van der Waals surface area (Å²) in [5, 5.41) is 3.51. The molecule has 0 bridgehead atoms. The minimum Gasteiger partial charge on any atom is -0.490 e. The van der Waals surface area contributed by atoms with Crippen molar-refractivity contribution < 1.29 is 9.47 Å². The van der Waals surface area contributed by atoms with Gasteiger partial charge in [0, 0.05) is 12.6 Å². The first-order valence-corrected chi connectivity index (χ1v) is 9.28. The molecule has 0 aromatic heterocycles. The normalized spacial score (nSPS) is 11.5. The molecule has 0 aliphatic heterocycles. The van der Waals surface area contributed by atoms with Crippen LogP contribution in [0.25, 0.3) is 0 Å². The third-order valence-corrected chi connectivity index (χ3v) is 4.45. The molecular weight excluding hydrogens is 402 g/mol. The highest BCUT2D eigenvalue weighted by atomic mass is 79.9. The average Bonchev–Trinajstić information content (AvgIpc) is 2.60. The number of rotatable bonds is 9. The van der Waals surface area contributed by atoms with Gasteiger partial charge in [-0.1, -0.05) is 37.3 Å². The monoisotopic (exact) mass is 427 g/mol. The van der Waals surface area contributed by atoms with E-state index < -0.39 is 0 Å². The van der Waals surface area contributed by atoms with Gasteiger partial charge in [-0.3, -0.25) is 0 Å². The van der Waals surface area contributed by atoms with Gasteiger partial charge in [0.2, 0.25) is 0 Å². The highest BCUT2D eigenvalue weighted by molar-refractivity contribution is 9.10. The van der Waals surface area contributed by atoms with E-state index in [0.717, 1.165) is 34.5 Å². The molecule has 3 nitrogen and oxygen atoms in total. The van der Waals surface area contributed by atoms with Crippen LogP contribution in [-0.4, -0.2) is 12.6 Å². The second kappa shape index (κ2) is 11.4. The summed E-state index contributed by atoms with van der Waals surface area (Å²) in [4.78, 5) is 0. The fraction of sp³-hybridized carbons (Fsp3) is 0.400. The lowest BCUT2D eigenvalue weighted by atomic mass is 10.1. The van der Waals surface area contributed by atoms with E-state index in [9.17, 15) is 0 Å². The maximum Gasteiger partial charge on any atom is 0.175 e. The minimum absolute atomic E-state index is 0. The lowest BCUT2D eigenvalue weighted by Crippen LogP contribution is -2.24. The van der Waals surface area contributed by atoms with E-state index in [1.54, 1.807) is 0 Å². The van der Waals surface area contributed by atoms with Crippen LogP contribution < -0.4 is 14.8 Å². The van der Waals surface area contributed by atoms with Crippen molar-refractivity contribution in [2.75, 3.05) is 6.61 Å². The van der Waals surface area contributed by atoms with Gasteiger partial charge in [0.1, 0.15) is 6.61 Å². The first kappa shape index (κ1) is 21.8. The predicted molar refractivity (Wildman–Crippen MR) is 110 cm³/mol. The minimum atomic E-state index is 0. The Morgan fingerprint density at radius 2 is 1.76 bits per heavy atom. The Morgan fingerprint density at radius 3 is 2.40 bits per heavy atom. The molecule has 0 radical (unpaired) electrons. The van der Waals surface area contributed by atoms with Gasteiger partial charge in [-0.15, -0.1) is 12.4 Å². The third kappa shape index (κ3) is 6.89. The summed E-state index contributed by atoms with van der Waals surface area (Å²) in [7, 11) is 0. The van der Waals surface area contributed by atoms with Gasteiger partial charge in [-0.2, -0.15) is 0 Å². The van der Waals surface area contributed by atoms with Gasteiger partial charge in [0.15, 0.2) is 11.5 Å². The third-order valence-electron chi connectivity index (χ3n) is 3.86. The summed E-state index contributed by atoms with van der Waals surface area (Å²) in [5.41, 5.74) is 2.31. The number of hydrogen-bond donors (Lipinski definition) is 1. The Labute approximate surface area is 165 Å². The molecule has 0 heterocycles. The molecule has 2 rings (SSSR count). The van der Waals surface area contributed by atoms with Crippen LogP contribution in [0.15, 0.2) is 46.9 Å². The number of ether oxygens (including phenoxy) is 2. The molecule has 1 atom stereocenters. The Balaban J connectivity index is 0.00000312. The van der Waals surface area contributed by atoms with E-state index in [0.29, 0.717) is 19.3 Å². The van der Waals surface area contributed by atoms with E-state index in [4.69, 9.17) is 9.47 Å². The summed E-state index contributed by atoms with van der Waals surface area (Å²) in [5.74, 6) is 1.54. The van der Waals surface area contributed by atoms with Crippen LogP contribution in [0.1, 0.15) is 38.3 Å². The van der Waals surface area contributed by atoms with Crippen molar-refractivity contribution in [1.82, 2.24) is 5.32 Å². The Morgan fingerprint density at radius 1 is 1.04 bits per heavy atom. The van der Waals surface area contributed by atoms with E-state index >= 15 is 0 Å². The van der Waals surface area contributed by atoms with Crippen LogP contribution >= 0.6 is 28.3 Å². The highest BCUT2D eigenvalue weighted by Gasteiger charge is 2.13. The van der Waals surface area contributed by atoms with Crippen molar-refractivity contribution >= 4 is 28.3 Å². The molecule has 25 heavy (non-hydrogen) atoms. The largest absolute Gasteiger partial charge is 0.490 e. The van der Waals surface area contributed by atoms with Crippen LogP contribution in [0.5, 0.6) is 11.5 Å². The number of halogens is 2. The standard InChI is InChI=1S/C20H26BrNO2.ClH/c1-4-15(3)22-13-17-11-18(21)20(19(12-17)23-5-2)24-14-16-9-7-6-8-10-16;/h6-12,15,22H,4-5,13-14H2,1-3H3;1H. The summed E-state index contributed by atoms with van der Waals surface area (Å²) >= 11 is 3.63. The summed E-state index contributed by atoms with van der Waals surface area (Å²) in [6.45, 7) is 8.29. The molecule has 5 heteroatoms. The molecule has 0 aliphatic rings. The molecular formula is C20H27BrClNO2. The van der Waals surface area contributed by atoms with E-state index in [1.807, 2.05) is 25.1 Å². The quantitative estimate of drug-likeness (QED) is 0.552. The molecule has 0 aliphatic carbocycles. The Kier molecular flexibility index (Phi) is 9.94. The van der Waals surface area contributed by atoms with Crippen molar-refractivity contribution in [3.05, 3.63) is 58.1 Å². The molecule has 0 saturated heterocycles. The SMILES string of the molecule is CCOc1cc(CNC(C)CC)cc(Br)c1OCc1ccccc1.Cl. The zero-order chi connectivity index (χ0) is 17.4. The highest BCUT2D eigenvalue weighted by Crippen LogP contribution is 2.37. The Bertz CT molecular complexity index is 637. The van der Waals surface area contributed by atoms with E-state index in [2.05, 4.69) is 59.4 Å². The molecule has 1 unspecified atom stereocenters. The molecule has 0 saturated carbocycles. The lowest BCUT2D eigenvalue weighted by molar-refractivity contribution is 0.267. The molecule has 1 N–H and O–H groups in total. The van der Waals surface area contributed by atoms with Crippen molar-refractivity contribution in [2.45, 2.75) is 46.4 Å². The van der Waals surface area contributed by atoms with Crippen LogP contribution in [0, 0.1) is 0 Å². The second-order valence-corrected chi connectivity index (χ2v) is 6.66. The van der Waals surface area contributed by atoms with Gasteiger partial charge >= 0.3 is 0 Å². The second-order valence-electron chi connectivity index (χ2n) is 5.80. The van der Waals surface area contributed by atoms with Crippen molar-refractivity contribution in [3.63, 3.8) is 0 Å². The summed E-state index contributed by atoms with van der Waals surface area (Å²) < 4.78 is 12.7. The van der Waals surface area contributed by atoms with Crippen molar-refractivity contribution in [2.24, 2.45) is 0 Å². The number of nitrogens with one attached hydrogen (secondary N) is 1. The zero-order valence-electron chi connectivity index (χ0n) is 15.0. The maximum atomic E-state index is 6.02. The van der Waals surface area contributed by atoms with Crippen molar-refractivity contribution in [3.8, 4) is 11.5 Å². The molecule has 0 fully saturated rings. The molecule has 0 amide bonds. The zero-order valence-corrected chi connectivity index (χ0v) is 17.5. The molecule has 138 valence electrons. The van der Waals surface area contributed by atoms with Gasteiger partial charge in [0.05, 0.1) is 11.1 Å². The number of benzene rings is 2. The van der Waals surface area contributed by atoms with Crippen LogP contribution in [0.4, 0.5) is 0 Å². The molecule has 2 aromatic carbocycles. The smallest absolute Gasteiger partial charge is 0.175 e. The number of hydrogen-bond acceptors (Lipinski definition) is 3. The van der Waals surface area contributed by atoms with Crippen LogP contribution in [-0.2, 0) is 13.2 Å². The van der Waals surface area contributed by atoms with Gasteiger partial charge in [-0.25, -0.2) is 0 Å². The topological polar surface area (TPSA) is 30.5 Å². The van der Waals surface area contributed by atoms with Gasteiger partial charge in [-0.05, 0) is 59.5 Å². The van der Waals surface area contributed by atoms with Gasteiger partial charge in [0.25, 0.3) is 0 Å². The van der Waals surface area contributed by atoms with Crippen LogP contribution in [0.3, 0.4) is 0 Å². The molecule has 2 aromatic rings.